The lowest BCUT2D eigenvalue weighted by atomic mass is 9.98. The van der Waals surface area contributed by atoms with Crippen LogP contribution < -0.4 is 10.1 Å². The van der Waals surface area contributed by atoms with E-state index >= 15 is 0 Å². The van der Waals surface area contributed by atoms with E-state index in [1.165, 1.54) is 11.3 Å². The Morgan fingerprint density at radius 3 is 2.90 bits per heavy atom. The summed E-state index contributed by atoms with van der Waals surface area (Å²) >= 11 is 1.43. The van der Waals surface area contributed by atoms with E-state index in [0.29, 0.717) is 17.8 Å². The molecular weight excluding hydrogens is 412 g/mol. The Balaban J connectivity index is 1.42. The highest BCUT2D eigenvalue weighted by Crippen LogP contribution is 2.30. The summed E-state index contributed by atoms with van der Waals surface area (Å²) in [6.45, 7) is 6.07. The maximum atomic E-state index is 13.1. The average molecular weight is 441 g/mol. The number of anilines is 1. The molecule has 0 saturated carbocycles. The third-order valence-electron chi connectivity index (χ3n) is 5.49. The fourth-order valence-corrected chi connectivity index (χ4v) is 4.87. The van der Waals surface area contributed by atoms with Gasteiger partial charge < -0.3 is 19.4 Å². The summed E-state index contributed by atoms with van der Waals surface area (Å²) in [5, 5.41) is 3.99. The topological polar surface area (TPSA) is 80.5 Å². The number of carbonyl (C=O) groups is 1. The molecule has 0 radical (unpaired) electrons. The molecule has 8 heteroatoms. The quantitative estimate of drug-likeness (QED) is 0.583. The van der Waals surface area contributed by atoms with Crippen LogP contribution in [0.2, 0.25) is 0 Å². The first-order valence-corrected chi connectivity index (χ1v) is 11.5. The van der Waals surface area contributed by atoms with Crippen molar-refractivity contribution in [2.45, 2.75) is 39.0 Å². The van der Waals surface area contributed by atoms with Gasteiger partial charge in [0.05, 0.1) is 24.9 Å². The molecule has 7 nitrogen and oxygen atoms in total. The molecule has 164 valence electrons. The van der Waals surface area contributed by atoms with Crippen LogP contribution in [0, 0.1) is 6.92 Å². The highest BCUT2D eigenvalue weighted by atomic mass is 32.1. The number of aryl methyl sites for hydroxylation is 1. The Labute approximate surface area is 186 Å². The van der Waals surface area contributed by atoms with Crippen molar-refractivity contribution in [2.75, 3.05) is 32.1 Å². The predicted molar refractivity (Wildman–Crippen MR) is 121 cm³/mol. The van der Waals surface area contributed by atoms with Crippen LogP contribution in [0.1, 0.15) is 58.3 Å². The van der Waals surface area contributed by atoms with Gasteiger partial charge in [-0.3, -0.25) is 4.79 Å². The zero-order valence-corrected chi connectivity index (χ0v) is 19.0. The number of thiazole rings is 1. The molecular formula is C23H28N4O3S. The molecule has 1 atom stereocenters. The molecule has 1 aliphatic heterocycles. The number of hydrogen-bond donors (Lipinski definition) is 1. The number of likely N-dealkylation sites (tertiary alicyclic amines) is 1. The van der Waals surface area contributed by atoms with E-state index in [0.717, 1.165) is 59.7 Å². The van der Waals surface area contributed by atoms with Gasteiger partial charge in [-0.2, -0.15) is 0 Å². The van der Waals surface area contributed by atoms with E-state index in [9.17, 15) is 4.79 Å². The number of nitrogens with zero attached hydrogens (tertiary/aromatic N) is 3. The first-order chi connectivity index (χ1) is 15.1. The molecule has 2 aromatic heterocycles. The van der Waals surface area contributed by atoms with Crippen LogP contribution >= 0.6 is 11.3 Å². The molecule has 3 aromatic rings. The molecule has 3 heterocycles. The van der Waals surface area contributed by atoms with Crippen molar-refractivity contribution in [3.05, 3.63) is 58.2 Å². The Morgan fingerprint density at radius 2 is 2.16 bits per heavy atom. The minimum atomic E-state index is 0.0499. The van der Waals surface area contributed by atoms with Gasteiger partial charge in [-0.15, -0.1) is 0 Å². The van der Waals surface area contributed by atoms with Gasteiger partial charge in [-0.25, -0.2) is 9.97 Å². The lowest BCUT2D eigenvalue weighted by Crippen LogP contribution is -2.39. The summed E-state index contributed by atoms with van der Waals surface area (Å²) in [4.78, 5) is 24.7. The molecule has 0 bridgehead atoms. The molecule has 1 unspecified atom stereocenters. The molecule has 1 saturated heterocycles. The smallest absolute Gasteiger partial charge is 0.265 e. The van der Waals surface area contributed by atoms with Crippen LogP contribution in [0.25, 0.3) is 0 Å². The summed E-state index contributed by atoms with van der Waals surface area (Å²) in [5.74, 6) is 2.55. The number of rotatable bonds is 7. The van der Waals surface area contributed by atoms with Gasteiger partial charge in [0.15, 0.2) is 11.0 Å². The second-order valence-electron chi connectivity index (χ2n) is 7.74. The summed E-state index contributed by atoms with van der Waals surface area (Å²) < 4.78 is 11.3. The maximum absolute atomic E-state index is 13.1. The number of nitrogens with one attached hydrogen (secondary N) is 1. The van der Waals surface area contributed by atoms with Crippen LogP contribution in [-0.4, -0.2) is 47.5 Å². The number of oxazole rings is 1. The van der Waals surface area contributed by atoms with Crippen molar-refractivity contribution in [1.82, 2.24) is 14.9 Å². The largest absolute Gasteiger partial charge is 0.497 e. The Hall–Kier alpha value is -2.87. The molecule has 31 heavy (non-hydrogen) atoms. The standard InChI is InChI=1S/C23H28N4O3S/c1-4-24-23-26-15(2)20(31-23)22(28)27-11-5-6-17(14-27)21-25-13-19(30-21)12-16-7-9-18(29-3)10-8-16/h7-10,13,17H,4-6,11-12,14H2,1-3H3,(H,24,26). The van der Waals surface area contributed by atoms with Crippen molar-refractivity contribution in [3.8, 4) is 5.75 Å². The van der Waals surface area contributed by atoms with Crippen molar-refractivity contribution in [2.24, 2.45) is 0 Å². The second kappa shape index (κ2) is 9.51. The molecule has 4 rings (SSSR count). The van der Waals surface area contributed by atoms with Crippen LogP contribution in [-0.2, 0) is 6.42 Å². The number of methoxy groups -OCH3 is 1. The Kier molecular flexibility index (Phi) is 6.56. The monoisotopic (exact) mass is 440 g/mol. The normalized spacial score (nSPS) is 16.4. The summed E-state index contributed by atoms with van der Waals surface area (Å²) in [5.41, 5.74) is 1.92. The molecule has 1 fully saturated rings. The third kappa shape index (κ3) is 4.90. The SMILES string of the molecule is CCNc1nc(C)c(C(=O)N2CCCC(c3ncc(Cc4ccc(OC)cc4)o3)C2)s1. The second-order valence-corrected chi connectivity index (χ2v) is 8.74. The lowest BCUT2D eigenvalue weighted by Gasteiger charge is -2.31. The summed E-state index contributed by atoms with van der Waals surface area (Å²) in [7, 11) is 1.66. The average Bonchev–Trinajstić information content (AvgIpc) is 3.40. The number of carbonyl (C=O) groups excluding carboxylic acids is 1. The van der Waals surface area contributed by atoms with E-state index in [-0.39, 0.29) is 11.8 Å². The molecule has 1 N–H and O–H groups in total. The van der Waals surface area contributed by atoms with Crippen LogP contribution in [0.15, 0.2) is 34.9 Å². The fourth-order valence-electron chi connectivity index (χ4n) is 3.87. The van der Waals surface area contributed by atoms with Gasteiger partial charge in [-0.1, -0.05) is 23.5 Å². The van der Waals surface area contributed by atoms with Gasteiger partial charge in [0, 0.05) is 26.1 Å². The zero-order valence-electron chi connectivity index (χ0n) is 18.2. The fraction of sp³-hybridized carbons (Fsp3) is 0.435. The molecule has 0 spiro atoms. The van der Waals surface area contributed by atoms with Gasteiger partial charge in [0.25, 0.3) is 5.91 Å². The van der Waals surface area contributed by atoms with Crippen molar-refractivity contribution in [1.29, 1.82) is 0 Å². The minimum absolute atomic E-state index is 0.0499. The summed E-state index contributed by atoms with van der Waals surface area (Å²) in [6, 6.07) is 7.95. The number of aromatic nitrogens is 2. The number of ether oxygens (including phenoxy) is 1. The van der Waals surface area contributed by atoms with E-state index in [1.54, 1.807) is 13.3 Å². The van der Waals surface area contributed by atoms with Gasteiger partial charge in [0.1, 0.15) is 16.4 Å². The number of piperidine rings is 1. The van der Waals surface area contributed by atoms with Crippen LogP contribution in [0.5, 0.6) is 5.75 Å². The number of benzene rings is 1. The first-order valence-electron chi connectivity index (χ1n) is 10.7. The van der Waals surface area contributed by atoms with Crippen LogP contribution in [0.4, 0.5) is 5.13 Å². The van der Waals surface area contributed by atoms with E-state index in [2.05, 4.69) is 15.3 Å². The van der Waals surface area contributed by atoms with E-state index in [4.69, 9.17) is 9.15 Å². The highest BCUT2D eigenvalue weighted by molar-refractivity contribution is 7.17. The minimum Gasteiger partial charge on any atom is -0.497 e. The molecule has 1 aliphatic rings. The molecule has 1 aromatic carbocycles. The Bertz CT molecular complexity index is 1030. The van der Waals surface area contributed by atoms with Gasteiger partial charge in [-0.05, 0) is 44.4 Å². The van der Waals surface area contributed by atoms with Crippen LogP contribution in [0.3, 0.4) is 0 Å². The number of hydrogen-bond acceptors (Lipinski definition) is 7. The van der Waals surface area contributed by atoms with E-state index in [1.807, 2.05) is 43.0 Å². The summed E-state index contributed by atoms with van der Waals surface area (Å²) in [6.07, 6.45) is 4.39. The lowest BCUT2D eigenvalue weighted by molar-refractivity contribution is 0.0702. The third-order valence-corrected chi connectivity index (χ3v) is 6.59. The van der Waals surface area contributed by atoms with Gasteiger partial charge in [0.2, 0.25) is 0 Å². The maximum Gasteiger partial charge on any atom is 0.265 e. The zero-order chi connectivity index (χ0) is 21.8. The molecule has 1 amide bonds. The van der Waals surface area contributed by atoms with Gasteiger partial charge >= 0.3 is 0 Å². The Morgan fingerprint density at radius 1 is 1.35 bits per heavy atom. The van der Waals surface area contributed by atoms with Crippen molar-refractivity contribution in [3.63, 3.8) is 0 Å². The van der Waals surface area contributed by atoms with Crippen molar-refractivity contribution >= 4 is 22.4 Å². The first kappa shape index (κ1) is 21.4. The predicted octanol–water partition coefficient (Wildman–Crippen LogP) is 4.49. The molecule has 0 aliphatic carbocycles. The number of amides is 1. The highest BCUT2D eigenvalue weighted by Gasteiger charge is 2.30. The van der Waals surface area contributed by atoms with Crippen molar-refractivity contribution < 1.29 is 13.9 Å². The van der Waals surface area contributed by atoms with E-state index < -0.39 is 0 Å².